The van der Waals surface area contributed by atoms with E-state index in [-0.39, 0.29) is 5.82 Å². The Morgan fingerprint density at radius 1 is 1.32 bits per heavy atom. The van der Waals surface area contributed by atoms with E-state index in [1.807, 2.05) is 12.1 Å². The molecule has 19 heavy (non-hydrogen) atoms. The van der Waals surface area contributed by atoms with Crippen LogP contribution in [0.5, 0.6) is 0 Å². The molecule has 0 radical (unpaired) electrons. The van der Waals surface area contributed by atoms with Crippen molar-refractivity contribution < 1.29 is 4.39 Å². The summed E-state index contributed by atoms with van der Waals surface area (Å²) in [6, 6.07) is 5.67. The van der Waals surface area contributed by atoms with Crippen LogP contribution in [0.4, 0.5) is 4.39 Å². The van der Waals surface area contributed by atoms with E-state index in [1.165, 1.54) is 25.7 Å². The minimum Gasteiger partial charge on any atom is -0.313 e. The first kappa shape index (κ1) is 14.9. The van der Waals surface area contributed by atoms with Crippen LogP contribution in [0.15, 0.2) is 23.1 Å². The first-order valence-corrected chi connectivity index (χ1v) is 8.40. The summed E-state index contributed by atoms with van der Waals surface area (Å²) in [7, 11) is 0. The number of hydrogen-bond acceptors (Lipinski definition) is 2. The SMILES string of the molecule is CCCNCc1ccc(SCC2CCCC2)c(F)c1. The monoisotopic (exact) mass is 281 g/mol. The van der Waals surface area contributed by atoms with Crippen LogP contribution in [0.1, 0.15) is 44.6 Å². The average Bonchev–Trinajstić information content (AvgIpc) is 2.91. The van der Waals surface area contributed by atoms with Crippen LogP contribution in [0.2, 0.25) is 0 Å². The van der Waals surface area contributed by atoms with Gasteiger partial charge in [0, 0.05) is 17.2 Å². The van der Waals surface area contributed by atoms with E-state index < -0.39 is 0 Å². The van der Waals surface area contributed by atoms with Gasteiger partial charge in [0.25, 0.3) is 0 Å². The molecule has 1 saturated carbocycles. The van der Waals surface area contributed by atoms with Gasteiger partial charge in [-0.3, -0.25) is 0 Å². The topological polar surface area (TPSA) is 12.0 Å². The molecule has 0 atom stereocenters. The molecule has 1 aliphatic rings. The number of rotatable bonds is 7. The zero-order chi connectivity index (χ0) is 13.5. The summed E-state index contributed by atoms with van der Waals surface area (Å²) >= 11 is 1.69. The summed E-state index contributed by atoms with van der Waals surface area (Å²) in [6.07, 6.45) is 6.48. The molecule has 0 aromatic heterocycles. The Morgan fingerprint density at radius 2 is 2.11 bits per heavy atom. The minimum atomic E-state index is -0.0567. The van der Waals surface area contributed by atoms with Crippen molar-refractivity contribution in [2.24, 2.45) is 5.92 Å². The maximum Gasteiger partial charge on any atom is 0.137 e. The zero-order valence-corrected chi connectivity index (χ0v) is 12.6. The predicted molar refractivity (Wildman–Crippen MR) is 81.1 cm³/mol. The van der Waals surface area contributed by atoms with Gasteiger partial charge in [-0.15, -0.1) is 11.8 Å². The molecule has 0 bridgehead atoms. The van der Waals surface area contributed by atoms with E-state index in [4.69, 9.17) is 0 Å². The molecule has 2 rings (SSSR count). The third-order valence-electron chi connectivity index (χ3n) is 3.70. The third kappa shape index (κ3) is 4.81. The summed E-state index contributed by atoms with van der Waals surface area (Å²) in [5, 5.41) is 3.30. The standard InChI is InChI=1S/C16H24FNS/c1-2-9-18-11-14-7-8-16(15(17)10-14)19-12-13-5-3-4-6-13/h7-8,10,13,18H,2-6,9,11-12H2,1H3. The molecule has 106 valence electrons. The number of benzene rings is 1. The highest BCUT2D eigenvalue weighted by atomic mass is 32.2. The Hall–Kier alpha value is -0.540. The molecule has 0 unspecified atom stereocenters. The number of hydrogen-bond donors (Lipinski definition) is 1. The van der Waals surface area contributed by atoms with Crippen LogP contribution in [-0.2, 0) is 6.54 Å². The lowest BCUT2D eigenvalue weighted by Crippen LogP contribution is -2.13. The van der Waals surface area contributed by atoms with E-state index in [2.05, 4.69) is 12.2 Å². The highest BCUT2D eigenvalue weighted by Gasteiger charge is 2.16. The fourth-order valence-corrected chi connectivity index (χ4v) is 3.68. The largest absolute Gasteiger partial charge is 0.313 e. The lowest BCUT2D eigenvalue weighted by molar-refractivity contribution is 0.592. The van der Waals surface area contributed by atoms with Crippen molar-refractivity contribution in [2.45, 2.75) is 50.5 Å². The highest BCUT2D eigenvalue weighted by Crippen LogP contribution is 2.32. The Morgan fingerprint density at radius 3 is 2.79 bits per heavy atom. The van der Waals surface area contributed by atoms with E-state index in [1.54, 1.807) is 17.8 Å². The number of nitrogens with one attached hydrogen (secondary N) is 1. The maximum absolute atomic E-state index is 14.0. The fraction of sp³-hybridized carbons (Fsp3) is 0.625. The second kappa shape index (κ2) is 7.91. The van der Waals surface area contributed by atoms with Gasteiger partial charge in [0.05, 0.1) is 0 Å². The van der Waals surface area contributed by atoms with Crippen LogP contribution in [0, 0.1) is 11.7 Å². The van der Waals surface area contributed by atoms with Gasteiger partial charge in [-0.25, -0.2) is 4.39 Å². The molecule has 0 amide bonds. The van der Waals surface area contributed by atoms with Gasteiger partial charge in [-0.2, -0.15) is 0 Å². The summed E-state index contributed by atoms with van der Waals surface area (Å²) in [6.45, 7) is 3.88. The predicted octanol–water partition coefficient (Wildman–Crippen LogP) is 4.61. The van der Waals surface area contributed by atoms with Crippen molar-refractivity contribution in [1.29, 1.82) is 0 Å². The first-order valence-electron chi connectivity index (χ1n) is 7.41. The van der Waals surface area contributed by atoms with Crippen molar-refractivity contribution in [3.05, 3.63) is 29.6 Å². The van der Waals surface area contributed by atoms with Crippen molar-refractivity contribution >= 4 is 11.8 Å². The minimum absolute atomic E-state index is 0.0567. The van der Waals surface area contributed by atoms with Crippen molar-refractivity contribution in [1.82, 2.24) is 5.32 Å². The van der Waals surface area contributed by atoms with Crippen molar-refractivity contribution in [3.63, 3.8) is 0 Å². The molecule has 1 N–H and O–H groups in total. The van der Waals surface area contributed by atoms with Crippen LogP contribution in [-0.4, -0.2) is 12.3 Å². The lowest BCUT2D eigenvalue weighted by atomic mass is 10.1. The van der Waals surface area contributed by atoms with Gasteiger partial charge < -0.3 is 5.32 Å². The van der Waals surface area contributed by atoms with Crippen LogP contribution in [0.25, 0.3) is 0 Å². The van der Waals surface area contributed by atoms with Crippen LogP contribution in [0.3, 0.4) is 0 Å². The molecule has 0 aliphatic heterocycles. The van der Waals surface area contributed by atoms with Crippen LogP contribution < -0.4 is 5.32 Å². The second-order valence-electron chi connectivity index (χ2n) is 5.40. The molecule has 1 fully saturated rings. The molecule has 0 heterocycles. The van der Waals surface area contributed by atoms with Crippen LogP contribution >= 0.6 is 11.8 Å². The average molecular weight is 281 g/mol. The normalized spacial score (nSPS) is 16.1. The molecule has 3 heteroatoms. The molecule has 1 nitrogen and oxygen atoms in total. The Kier molecular flexibility index (Phi) is 6.18. The van der Waals surface area contributed by atoms with Crippen molar-refractivity contribution in [2.75, 3.05) is 12.3 Å². The van der Waals surface area contributed by atoms with E-state index in [9.17, 15) is 4.39 Å². The Balaban J connectivity index is 1.83. The van der Waals surface area contributed by atoms with E-state index in [0.717, 1.165) is 41.6 Å². The highest BCUT2D eigenvalue weighted by molar-refractivity contribution is 7.99. The molecule has 0 spiro atoms. The molecular weight excluding hydrogens is 257 g/mol. The quantitative estimate of drug-likeness (QED) is 0.578. The van der Waals surface area contributed by atoms with Gasteiger partial charge in [0.1, 0.15) is 5.82 Å². The maximum atomic E-state index is 14.0. The summed E-state index contributed by atoms with van der Waals surface area (Å²) in [5.74, 6) is 1.82. The molecule has 1 aromatic rings. The van der Waals surface area contributed by atoms with E-state index in [0.29, 0.717) is 0 Å². The lowest BCUT2D eigenvalue weighted by Gasteiger charge is -2.10. The van der Waals surface area contributed by atoms with Gasteiger partial charge >= 0.3 is 0 Å². The smallest absolute Gasteiger partial charge is 0.137 e. The Labute approximate surface area is 120 Å². The van der Waals surface area contributed by atoms with E-state index >= 15 is 0 Å². The zero-order valence-electron chi connectivity index (χ0n) is 11.8. The van der Waals surface area contributed by atoms with Gasteiger partial charge in [-0.1, -0.05) is 25.8 Å². The molecular formula is C16H24FNS. The second-order valence-corrected chi connectivity index (χ2v) is 6.46. The number of halogens is 1. The number of thioether (sulfide) groups is 1. The molecule has 1 aliphatic carbocycles. The third-order valence-corrected chi connectivity index (χ3v) is 4.98. The summed E-state index contributed by atoms with van der Waals surface area (Å²) in [4.78, 5) is 0.811. The van der Waals surface area contributed by atoms with Gasteiger partial charge in [-0.05, 0) is 49.4 Å². The first-order chi connectivity index (χ1) is 9.29. The molecule has 0 saturated heterocycles. The Bertz CT molecular complexity index is 388. The summed E-state index contributed by atoms with van der Waals surface area (Å²) < 4.78 is 14.0. The molecule has 1 aromatic carbocycles. The van der Waals surface area contributed by atoms with Gasteiger partial charge in [0.15, 0.2) is 0 Å². The fourth-order valence-electron chi connectivity index (χ4n) is 2.57. The van der Waals surface area contributed by atoms with Crippen molar-refractivity contribution in [3.8, 4) is 0 Å². The summed E-state index contributed by atoms with van der Waals surface area (Å²) in [5.41, 5.74) is 1.04. The van der Waals surface area contributed by atoms with Gasteiger partial charge in [0.2, 0.25) is 0 Å².